The van der Waals surface area contributed by atoms with Crippen molar-refractivity contribution in [2.75, 3.05) is 0 Å². The fourth-order valence-electron chi connectivity index (χ4n) is 1.75. The Kier molecular flexibility index (Phi) is 1.48. The maximum atomic E-state index is 9.91. The molecule has 2 heteroatoms. The van der Waals surface area contributed by atoms with Crippen LogP contribution in [0, 0.1) is 6.92 Å². The molecule has 0 bridgehead atoms. The topological polar surface area (TPSA) is 33.1 Å². The molecule has 0 spiro atoms. The molecule has 1 aliphatic rings. The van der Waals surface area contributed by atoms with E-state index in [0.29, 0.717) is 0 Å². The van der Waals surface area contributed by atoms with Crippen molar-refractivity contribution in [3.8, 4) is 0 Å². The molecular weight excluding hydrogens is 150 g/mol. The van der Waals surface area contributed by atoms with E-state index >= 15 is 0 Å². The lowest BCUT2D eigenvalue weighted by Gasteiger charge is -2.16. The number of aromatic nitrogens is 1. The van der Waals surface area contributed by atoms with Crippen LogP contribution >= 0.6 is 0 Å². The lowest BCUT2D eigenvalue weighted by Crippen LogP contribution is -2.18. The zero-order valence-electron chi connectivity index (χ0n) is 7.46. The Morgan fingerprint density at radius 3 is 3.00 bits per heavy atom. The SMILES string of the molecule is Cc1ccc2c(n1)C(C)(O)CC2. The van der Waals surface area contributed by atoms with Crippen molar-refractivity contribution >= 4 is 0 Å². The molecular formula is C10H13NO. The standard InChI is InChI=1S/C10H13NO/c1-7-3-4-8-5-6-10(2,12)9(8)11-7/h3-4,12H,5-6H2,1-2H3. The normalized spacial score (nSPS) is 27.2. The molecule has 1 aromatic rings. The minimum Gasteiger partial charge on any atom is -0.384 e. The highest BCUT2D eigenvalue weighted by atomic mass is 16.3. The molecule has 1 unspecified atom stereocenters. The minimum absolute atomic E-state index is 0.693. The smallest absolute Gasteiger partial charge is 0.104 e. The zero-order valence-corrected chi connectivity index (χ0v) is 7.46. The van der Waals surface area contributed by atoms with Crippen LogP contribution in [-0.2, 0) is 12.0 Å². The molecule has 0 aliphatic heterocycles. The Labute approximate surface area is 72.3 Å². The third-order valence-corrected chi connectivity index (χ3v) is 2.51. The van der Waals surface area contributed by atoms with Crippen molar-refractivity contribution in [3.63, 3.8) is 0 Å². The second-order valence-electron chi connectivity index (χ2n) is 3.73. The first-order chi connectivity index (χ1) is 5.59. The van der Waals surface area contributed by atoms with Gasteiger partial charge >= 0.3 is 0 Å². The first kappa shape index (κ1) is 7.74. The quantitative estimate of drug-likeness (QED) is 0.629. The lowest BCUT2D eigenvalue weighted by atomic mass is 10.0. The van der Waals surface area contributed by atoms with Gasteiger partial charge in [-0.15, -0.1) is 0 Å². The second-order valence-corrected chi connectivity index (χ2v) is 3.73. The first-order valence-electron chi connectivity index (χ1n) is 4.29. The Morgan fingerprint density at radius 2 is 2.25 bits per heavy atom. The minimum atomic E-state index is -0.693. The molecule has 0 amide bonds. The van der Waals surface area contributed by atoms with Gasteiger partial charge in [0.15, 0.2) is 0 Å². The van der Waals surface area contributed by atoms with Crippen molar-refractivity contribution in [2.45, 2.75) is 32.3 Å². The molecule has 1 aromatic heterocycles. The molecule has 1 N–H and O–H groups in total. The van der Waals surface area contributed by atoms with Gasteiger partial charge in [0.1, 0.15) is 5.60 Å². The number of aliphatic hydroxyl groups is 1. The fourth-order valence-corrected chi connectivity index (χ4v) is 1.75. The second kappa shape index (κ2) is 2.30. The molecule has 0 saturated heterocycles. The number of hydrogen-bond acceptors (Lipinski definition) is 2. The van der Waals surface area contributed by atoms with Gasteiger partial charge < -0.3 is 5.11 Å². The maximum absolute atomic E-state index is 9.91. The highest BCUT2D eigenvalue weighted by Gasteiger charge is 2.33. The van der Waals surface area contributed by atoms with Gasteiger partial charge in [-0.25, -0.2) is 0 Å². The summed E-state index contributed by atoms with van der Waals surface area (Å²) in [5.74, 6) is 0. The number of aryl methyl sites for hydroxylation is 2. The molecule has 1 atom stereocenters. The van der Waals surface area contributed by atoms with E-state index in [-0.39, 0.29) is 0 Å². The number of rotatable bonds is 0. The monoisotopic (exact) mass is 163 g/mol. The molecule has 2 rings (SSSR count). The van der Waals surface area contributed by atoms with Crippen LogP contribution in [0.25, 0.3) is 0 Å². The van der Waals surface area contributed by atoms with E-state index in [1.54, 1.807) is 0 Å². The van der Waals surface area contributed by atoms with Crippen LogP contribution in [0.1, 0.15) is 30.3 Å². The van der Waals surface area contributed by atoms with E-state index in [0.717, 1.165) is 24.2 Å². The van der Waals surface area contributed by atoms with E-state index in [1.165, 1.54) is 5.56 Å². The fraction of sp³-hybridized carbons (Fsp3) is 0.500. The maximum Gasteiger partial charge on any atom is 0.104 e. The molecule has 1 heterocycles. The van der Waals surface area contributed by atoms with Crippen molar-refractivity contribution in [2.24, 2.45) is 0 Å². The van der Waals surface area contributed by atoms with E-state index in [4.69, 9.17) is 0 Å². The van der Waals surface area contributed by atoms with Gasteiger partial charge in [0.2, 0.25) is 0 Å². The summed E-state index contributed by atoms with van der Waals surface area (Å²) in [7, 11) is 0. The predicted octanol–water partition coefficient (Wildman–Crippen LogP) is 1.54. The van der Waals surface area contributed by atoms with Crippen LogP contribution in [0.5, 0.6) is 0 Å². The Hall–Kier alpha value is -0.890. The van der Waals surface area contributed by atoms with Crippen molar-refractivity contribution in [1.29, 1.82) is 0 Å². The van der Waals surface area contributed by atoms with E-state index in [9.17, 15) is 5.11 Å². The van der Waals surface area contributed by atoms with Crippen LogP contribution in [0.4, 0.5) is 0 Å². The molecule has 64 valence electrons. The van der Waals surface area contributed by atoms with Crippen LogP contribution in [0.15, 0.2) is 12.1 Å². The van der Waals surface area contributed by atoms with Crippen molar-refractivity contribution < 1.29 is 5.11 Å². The van der Waals surface area contributed by atoms with Crippen molar-refractivity contribution in [3.05, 3.63) is 29.1 Å². The summed E-state index contributed by atoms with van der Waals surface area (Å²) in [6.07, 6.45) is 1.76. The van der Waals surface area contributed by atoms with Gasteiger partial charge in [-0.05, 0) is 38.3 Å². The molecule has 0 fully saturated rings. The summed E-state index contributed by atoms with van der Waals surface area (Å²) in [5.41, 5.74) is 2.37. The van der Waals surface area contributed by atoms with E-state index in [1.807, 2.05) is 19.9 Å². The summed E-state index contributed by atoms with van der Waals surface area (Å²) in [6.45, 7) is 3.79. The Balaban J connectivity index is 2.57. The largest absolute Gasteiger partial charge is 0.384 e. The van der Waals surface area contributed by atoms with Crippen molar-refractivity contribution in [1.82, 2.24) is 4.98 Å². The Morgan fingerprint density at radius 1 is 1.50 bits per heavy atom. The average Bonchev–Trinajstić information content (AvgIpc) is 2.28. The molecule has 2 nitrogen and oxygen atoms in total. The molecule has 1 aliphatic carbocycles. The molecule has 0 radical (unpaired) electrons. The van der Waals surface area contributed by atoms with Gasteiger partial charge in [-0.3, -0.25) is 4.98 Å². The Bertz CT molecular complexity index is 318. The highest BCUT2D eigenvalue weighted by molar-refractivity contribution is 5.31. The highest BCUT2D eigenvalue weighted by Crippen LogP contribution is 2.34. The third kappa shape index (κ3) is 1.03. The molecule has 12 heavy (non-hydrogen) atoms. The number of fused-ring (bicyclic) bond motifs is 1. The van der Waals surface area contributed by atoms with E-state index in [2.05, 4.69) is 11.1 Å². The van der Waals surface area contributed by atoms with Gasteiger partial charge in [0, 0.05) is 5.69 Å². The zero-order chi connectivity index (χ0) is 8.77. The predicted molar refractivity (Wildman–Crippen MR) is 46.9 cm³/mol. The van der Waals surface area contributed by atoms with Gasteiger partial charge in [0.25, 0.3) is 0 Å². The lowest BCUT2D eigenvalue weighted by molar-refractivity contribution is 0.0552. The number of pyridine rings is 1. The summed E-state index contributed by atoms with van der Waals surface area (Å²) in [4.78, 5) is 4.36. The summed E-state index contributed by atoms with van der Waals surface area (Å²) in [5, 5.41) is 9.91. The molecule has 0 saturated carbocycles. The molecule has 0 aromatic carbocycles. The summed E-state index contributed by atoms with van der Waals surface area (Å²) >= 11 is 0. The first-order valence-corrected chi connectivity index (χ1v) is 4.29. The average molecular weight is 163 g/mol. The van der Waals surface area contributed by atoms with Gasteiger partial charge in [0.05, 0.1) is 5.69 Å². The van der Waals surface area contributed by atoms with Gasteiger partial charge in [-0.2, -0.15) is 0 Å². The van der Waals surface area contributed by atoms with Crippen LogP contribution in [-0.4, -0.2) is 10.1 Å². The van der Waals surface area contributed by atoms with Crippen LogP contribution in [0.3, 0.4) is 0 Å². The van der Waals surface area contributed by atoms with Gasteiger partial charge in [-0.1, -0.05) is 6.07 Å². The summed E-state index contributed by atoms with van der Waals surface area (Å²) in [6, 6.07) is 4.07. The number of hydrogen-bond donors (Lipinski definition) is 1. The summed E-state index contributed by atoms with van der Waals surface area (Å²) < 4.78 is 0. The third-order valence-electron chi connectivity index (χ3n) is 2.51. The van der Waals surface area contributed by atoms with Crippen LogP contribution < -0.4 is 0 Å². The van der Waals surface area contributed by atoms with Crippen LogP contribution in [0.2, 0.25) is 0 Å². The number of nitrogens with zero attached hydrogens (tertiary/aromatic N) is 1. The van der Waals surface area contributed by atoms with E-state index < -0.39 is 5.60 Å².